The first kappa shape index (κ1) is 10.7. The predicted octanol–water partition coefficient (Wildman–Crippen LogP) is -0.340. The highest BCUT2D eigenvalue weighted by molar-refractivity contribution is 6.06. The molecule has 5 nitrogen and oxygen atoms in total. The summed E-state index contributed by atoms with van der Waals surface area (Å²) in [6, 6.07) is -0.647. The van der Waals surface area contributed by atoms with Crippen molar-refractivity contribution in [1.82, 2.24) is 10.2 Å². The Morgan fingerprint density at radius 2 is 2.21 bits per heavy atom. The lowest BCUT2D eigenvalue weighted by molar-refractivity contribution is -0.139. The van der Waals surface area contributed by atoms with Gasteiger partial charge in [0.15, 0.2) is 0 Å². The molecule has 5 heteroatoms. The molecule has 1 aliphatic heterocycles. The zero-order valence-corrected chi connectivity index (χ0v) is 8.37. The van der Waals surface area contributed by atoms with E-state index in [0.717, 1.165) is 6.42 Å². The summed E-state index contributed by atoms with van der Waals surface area (Å²) in [7, 11) is 0. The summed E-state index contributed by atoms with van der Waals surface area (Å²) in [5.74, 6) is -0.767. The molecule has 1 N–H and O–H groups in total. The van der Waals surface area contributed by atoms with Gasteiger partial charge < -0.3 is 5.32 Å². The van der Waals surface area contributed by atoms with E-state index < -0.39 is 6.04 Å². The molecule has 1 fully saturated rings. The second-order valence-corrected chi connectivity index (χ2v) is 3.34. The van der Waals surface area contributed by atoms with Gasteiger partial charge in [0.25, 0.3) is 5.91 Å². The number of carbonyl (C=O) groups is 3. The third kappa shape index (κ3) is 2.10. The van der Waals surface area contributed by atoms with Gasteiger partial charge in [-0.2, -0.15) is 0 Å². The molecule has 1 atom stereocenters. The van der Waals surface area contributed by atoms with E-state index in [4.69, 9.17) is 0 Å². The fourth-order valence-corrected chi connectivity index (χ4v) is 1.50. The Hall–Kier alpha value is -1.39. The van der Waals surface area contributed by atoms with E-state index in [2.05, 4.69) is 5.32 Å². The minimum atomic E-state index is -0.647. The summed E-state index contributed by atoms with van der Waals surface area (Å²) in [6.45, 7) is 3.67. The van der Waals surface area contributed by atoms with Crippen molar-refractivity contribution in [1.29, 1.82) is 0 Å². The monoisotopic (exact) mass is 198 g/mol. The van der Waals surface area contributed by atoms with Crippen molar-refractivity contribution in [3.63, 3.8) is 0 Å². The summed E-state index contributed by atoms with van der Waals surface area (Å²) in [5.41, 5.74) is 0. The number of likely N-dealkylation sites (tertiary alicyclic amines) is 1. The quantitative estimate of drug-likeness (QED) is 0.631. The standard InChI is InChI=1S/C9H14N2O3/c1-3-4-11-8(13)5-7(9(11)14)10-6(2)12/h7H,3-5H2,1-2H3,(H,10,12)/t7-/m0/s1. The molecule has 1 heterocycles. The van der Waals surface area contributed by atoms with Gasteiger partial charge >= 0.3 is 0 Å². The fourth-order valence-electron chi connectivity index (χ4n) is 1.50. The average molecular weight is 198 g/mol. The van der Waals surface area contributed by atoms with E-state index in [1.54, 1.807) is 0 Å². The van der Waals surface area contributed by atoms with Crippen LogP contribution in [0.2, 0.25) is 0 Å². The van der Waals surface area contributed by atoms with Gasteiger partial charge in [0, 0.05) is 13.5 Å². The lowest BCUT2D eigenvalue weighted by Gasteiger charge is -2.13. The maximum Gasteiger partial charge on any atom is 0.252 e. The molecule has 0 aromatic heterocycles. The number of nitrogens with zero attached hydrogens (tertiary/aromatic N) is 1. The third-order valence-electron chi connectivity index (χ3n) is 2.07. The van der Waals surface area contributed by atoms with Gasteiger partial charge in [-0.15, -0.1) is 0 Å². The topological polar surface area (TPSA) is 66.5 Å². The van der Waals surface area contributed by atoms with Crippen molar-refractivity contribution in [3.8, 4) is 0 Å². The van der Waals surface area contributed by atoms with Crippen LogP contribution in [0.1, 0.15) is 26.7 Å². The van der Waals surface area contributed by atoms with E-state index in [1.807, 2.05) is 6.92 Å². The maximum atomic E-state index is 11.5. The Bertz CT molecular complexity index is 275. The lowest BCUT2D eigenvalue weighted by Crippen LogP contribution is -2.40. The molecule has 0 unspecified atom stereocenters. The van der Waals surface area contributed by atoms with E-state index in [1.165, 1.54) is 11.8 Å². The molecule has 0 bridgehead atoms. The molecule has 0 aromatic rings. The average Bonchev–Trinajstić information content (AvgIpc) is 2.32. The number of rotatable bonds is 3. The molecule has 0 saturated carbocycles. The van der Waals surface area contributed by atoms with Gasteiger partial charge in [-0.05, 0) is 6.42 Å². The van der Waals surface area contributed by atoms with Gasteiger partial charge in [-0.25, -0.2) is 0 Å². The van der Waals surface area contributed by atoms with E-state index in [0.29, 0.717) is 6.54 Å². The molecule has 14 heavy (non-hydrogen) atoms. The molecular weight excluding hydrogens is 184 g/mol. The van der Waals surface area contributed by atoms with Gasteiger partial charge in [0.1, 0.15) is 6.04 Å². The van der Waals surface area contributed by atoms with Crippen molar-refractivity contribution in [3.05, 3.63) is 0 Å². The van der Waals surface area contributed by atoms with Crippen LogP contribution in [-0.2, 0) is 14.4 Å². The molecular formula is C9H14N2O3. The Morgan fingerprint density at radius 1 is 1.57 bits per heavy atom. The Kier molecular flexibility index (Phi) is 3.22. The van der Waals surface area contributed by atoms with Crippen molar-refractivity contribution in [2.45, 2.75) is 32.7 Å². The summed E-state index contributed by atoms with van der Waals surface area (Å²) in [4.78, 5) is 34.8. The molecule has 1 aliphatic rings. The first-order valence-electron chi connectivity index (χ1n) is 4.67. The smallest absolute Gasteiger partial charge is 0.252 e. The van der Waals surface area contributed by atoms with Crippen LogP contribution in [0.4, 0.5) is 0 Å². The number of imide groups is 1. The first-order chi connectivity index (χ1) is 6.56. The van der Waals surface area contributed by atoms with Crippen LogP contribution in [0.5, 0.6) is 0 Å². The lowest BCUT2D eigenvalue weighted by atomic mass is 10.2. The highest BCUT2D eigenvalue weighted by Gasteiger charge is 2.38. The summed E-state index contributed by atoms with van der Waals surface area (Å²) in [5, 5.41) is 2.46. The molecule has 0 spiro atoms. The second kappa shape index (κ2) is 4.21. The van der Waals surface area contributed by atoms with Crippen LogP contribution >= 0.6 is 0 Å². The maximum absolute atomic E-state index is 11.5. The largest absolute Gasteiger partial charge is 0.344 e. The summed E-state index contributed by atoms with van der Waals surface area (Å²) < 4.78 is 0. The van der Waals surface area contributed by atoms with Gasteiger partial charge in [-0.3, -0.25) is 19.3 Å². The normalized spacial score (nSPS) is 21.6. The Labute approximate surface area is 82.4 Å². The van der Waals surface area contributed by atoms with E-state index >= 15 is 0 Å². The summed E-state index contributed by atoms with van der Waals surface area (Å²) >= 11 is 0. The Morgan fingerprint density at radius 3 is 2.71 bits per heavy atom. The van der Waals surface area contributed by atoms with E-state index in [-0.39, 0.29) is 24.1 Å². The predicted molar refractivity (Wildman–Crippen MR) is 49.2 cm³/mol. The van der Waals surface area contributed by atoms with Crippen LogP contribution in [-0.4, -0.2) is 35.2 Å². The fraction of sp³-hybridized carbons (Fsp3) is 0.667. The van der Waals surface area contributed by atoms with Crippen LogP contribution in [0.3, 0.4) is 0 Å². The molecule has 0 radical (unpaired) electrons. The van der Waals surface area contributed by atoms with Crippen molar-refractivity contribution < 1.29 is 14.4 Å². The number of amides is 3. The van der Waals surface area contributed by atoms with Crippen molar-refractivity contribution in [2.24, 2.45) is 0 Å². The van der Waals surface area contributed by atoms with Crippen molar-refractivity contribution >= 4 is 17.7 Å². The molecule has 78 valence electrons. The molecule has 1 rings (SSSR count). The second-order valence-electron chi connectivity index (χ2n) is 3.34. The zero-order valence-electron chi connectivity index (χ0n) is 8.37. The van der Waals surface area contributed by atoms with Crippen LogP contribution in [0.25, 0.3) is 0 Å². The molecule has 0 aliphatic carbocycles. The van der Waals surface area contributed by atoms with Gasteiger partial charge in [0.2, 0.25) is 11.8 Å². The SMILES string of the molecule is CCCN1C(=O)C[C@H](NC(C)=O)C1=O. The zero-order chi connectivity index (χ0) is 10.7. The number of carbonyl (C=O) groups excluding carboxylic acids is 3. The highest BCUT2D eigenvalue weighted by atomic mass is 16.2. The molecule has 3 amide bonds. The minimum Gasteiger partial charge on any atom is -0.344 e. The number of hydrogen-bond acceptors (Lipinski definition) is 3. The summed E-state index contributed by atoms with van der Waals surface area (Å²) in [6.07, 6.45) is 0.836. The van der Waals surface area contributed by atoms with Gasteiger partial charge in [0.05, 0.1) is 6.42 Å². The Balaban J connectivity index is 2.64. The van der Waals surface area contributed by atoms with Crippen LogP contribution < -0.4 is 5.32 Å². The van der Waals surface area contributed by atoms with Gasteiger partial charge in [-0.1, -0.05) is 6.92 Å². The van der Waals surface area contributed by atoms with Crippen LogP contribution in [0.15, 0.2) is 0 Å². The number of hydrogen-bond donors (Lipinski definition) is 1. The third-order valence-corrected chi connectivity index (χ3v) is 2.07. The van der Waals surface area contributed by atoms with Crippen molar-refractivity contribution in [2.75, 3.05) is 6.54 Å². The molecule has 1 saturated heterocycles. The number of nitrogens with one attached hydrogen (secondary N) is 1. The first-order valence-corrected chi connectivity index (χ1v) is 4.67. The van der Waals surface area contributed by atoms with Crippen LogP contribution in [0, 0.1) is 0 Å². The minimum absolute atomic E-state index is 0.0956. The highest BCUT2D eigenvalue weighted by Crippen LogP contribution is 2.13. The molecule has 0 aromatic carbocycles. The van der Waals surface area contributed by atoms with E-state index in [9.17, 15) is 14.4 Å².